The Hall–Kier alpha value is -2.08. The maximum atomic E-state index is 9.65. The lowest BCUT2D eigenvalue weighted by atomic mass is 9.95. The lowest BCUT2D eigenvalue weighted by Gasteiger charge is -2.18. The molecular formula is C26H38N2O3. The molecule has 1 N–H and O–H groups in total. The minimum Gasteiger partial charge on any atom is -0.493 e. The highest BCUT2D eigenvalue weighted by Crippen LogP contribution is 2.35. The number of aliphatic hydroxyl groups excluding tert-OH is 1. The molecule has 3 rings (SSSR count). The molecule has 5 nitrogen and oxygen atoms in total. The van der Waals surface area contributed by atoms with Gasteiger partial charge in [0.05, 0.1) is 19.3 Å². The van der Waals surface area contributed by atoms with Gasteiger partial charge in [-0.3, -0.25) is 0 Å². The fourth-order valence-electron chi connectivity index (χ4n) is 4.17. The highest BCUT2D eigenvalue weighted by Gasteiger charge is 2.19. The maximum absolute atomic E-state index is 9.65. The third-order valence-corrected chi connectivity index (χ3v) is 5.99. The van der Waals surface area contributed by atoms with E-state index < -0.39 is 0 Å². The number of likely N-dealkylation sites (tertiary alicyclic amines) is 1. The van der Waals surface area contributed by atoms with Gasteiger partial charge in [0, 0.05) is 26.2 Å². The molecule has 1 saturated heterocycles. The van der Waals surface area contributed by atoms with Crippen LogP contribution in [0.25, 0.3) is 11.1 Å². The van der Waals surface area contributed by atoms with E-state index in [2.05, 4.69) is 74.1 Å². The molecular weight excluding hydrogens is 388 g/mol. The van der Waals surface area contributed by atoms with E-state index in [1.165, 1.54) is 16.7 Å². The Labute approximate surface area is 187 Å². The van der Waals surface area contributed by atoms with Crippen molar-refractivity contribution in [3.63, 3.8) is 0 Å². The number of benzene rings is 2. The van der Waals surface area contributed by atoms with Gasteiger partial charge in [0.25, 0.3) is 0 Å². The third kappa shape index (κ3) is 6.70. The Morgan fingerprint density at radius 2 is 1.52 bits per heavy atom. The number of hydrogen-bond donors (Lipinski definition) is 1. The summed E-state index contributed by atoms with van der Waals surface area (Å²) in [5.74, 6) is 1.89. The molecule has 31 heavy (non-hydrogen) atoms. The van der Waals surface area contributed by atoms with Crippen LogP contribution < -0.4 is 9.47 Å². The van der Waals surface area contributed by atoms with E-state index in [1.807, 2.05) is 0 Å². The molecule has 0 spiro atoms. The van der Waals surface area contributed by atoms with E-state index in [0.717, 1.165) is 69.1 Å². The van der Waals surface area contributed by atoms with Crippen LogP contribution >= 0.6 is 0 Å². The number of ether oxygens (including phenoxy) is 2. The molecule has 0 aromatic heterocycles. The fraction of sp³-hybridized carbons (Fsp3) is 0.538. The number of aliphatic hydroxyl groups is 1. The van der Waals surface area contributed by atoms with Gasteiger partial charge in [-0.25, -0.2) is 0 Å². The lowest BCUT2D eigenvalue weighted by molar-refractivity contribution is 0.173. The van der Waals surface area contributed by atoms with Gasteiger partial charge in [-0.1, -0.05) is 24.3 Å². The molecule has 0 amide bonds. The molecule has 1 heterocycles. The van der Waals surface area contributed by atoms with Crippen molar-refractivity contribution in [3.05, 3.63) is 47.5 Å². The smallest absolute Gasteiger partial charge is 0.122 e. The van der Waals surface area contributed by atoms with Crippen LogP contribution in [0.2, 0.25) is 0 Å². The Bertz CT molecular complexity index is 837. The van der Waals surface area contributed by atoms with Gasteiger partial charge in [0.15, 0.2) is 0 Å². The molecule has 0 bridgehead atoms. The zero-order valence-corrected chi connectivity index (χ0v) is 19.6. The summed E-state index contributed by atoms with van der Waals surface area (Å²) in [5.41, 5.74) is 4.71. The second kappa shape index (κ2) is 11.5. The fourth-order valence-corrected chi connectivity index (χ4v) is 4.17. The predicted molar refractivity (Wildman–Crippen MR) is 127 cm³/mol. The van der Waals surface area contributed by atoms with Crippen molar-refractivity contribution in [3.8, 4) is 22.6 Å². The first-order valence-electron chi connectivity index (χ1n) is 11.5. The zero-order chi connectivity index (χ0) is 22.2. The van der Waals surface area contributed by atoms with E-state index in [-0.39, 0.29) is 6.10 Å². The third-order valence-electron chi connectivity index (χ3n) is 5.99. The number of hydrogen-bond acceptors (Lipinski definition) is 5. The average Bonchev–Trinajstić information content (AvgIpc) is 3.16. The van der Waals surface area contributed by atoms with Crippen molar-refractivity contribution in [2.45, 2.75) is 39.2 Å². The van der Waals surface area contributed by atoms with Crippen LogP contribution in [-0.4, -0.2) is 74.5 Å². The van der Waals surface area contributed by atoms with E-state index in [9.17, 15) is 5.11 Å². The van der Waals surface area contributed by atoms with Crippen molar-refractivity contribution in [1.82, 2.24) is 9.80 Å². The van der Waals surface area contributed by atoms with Crippen LogP contribution in [0.15, 0.2) is 36.4 Å². The van der Waals surface area contributed by atoms with E-state index >= 15 is 0 Å². The van der Waals surface area contributed by atoms with E-state index in [0.29, 0.717) is 6.61 Å². The topological polar surface area (TPSA) is 45.2 Å². The predicted octanol–water partition coefficient (Wildman–Crippen LogP) is 4.14. The molecule has 1 fully saturated rings. The monoisotopic (exact) mass is 426 g/mol. The molecule has 1 aliphatic rings. The Morgan fingerprint density at radius 1 is 0.935 bits per heavy atom. The summed E-state index contributed by atoms with van der Waals surface area (Å²) < 4.78 is 12.2. The largest absolute Gasteiger partial charge is 0.493 e. The van der Waals surface area contributed by atoms with E-state index in [1.54, 1.807) is 0 Å². The number of β-amino-alcohol motifs (C(OH)–C–C–N with tert-alkyl or cyclic N) is 1. The first kappa shape index (κ1) is 23.6. The minimum atomic E-state index is -0.157. The molecule has 5 heteroatoms. The van der Waals surface area contributed by atoms with Crippen LogP contribution in [0.3, 0.4) is 0 Å². The first-order valence-corrected chi connectivity index (χ1v) is 11.5. The van der Waals surface area contributed by atoms with Crippen molar-refractivity contribution in [2.24, 2.45) is 0 Å². The van der Waals surface area contributed by atoms with Gasteiger partial charge in [0.2, 0.25) is 0 Å². The maximum Gasteiger partial charge on any atom is 0.122 e. The van der Waals surface area contributed by atoms with Crippen LogP contribution in [0.4, 0.5) is 0 Å². The molecule has 0 radical (unpaired) electrons. The Morgan fingerprint density at radius 3 is 2.03 bits per heavy atom. The average molecular weight is 427 g/mol. The van der Waals surface area contributed by atoms with Gasteiger partial charge in [-0.15, -0.1) is 0 Å². The lowest BCUT2D eigenvalue weighted by Crippen LogP contribution is -2.24. The number of rotatable bonds is 11. The molecule has 0 saturated carbocycles. The summed E-state index contributed by atoms with van der Waals surface area (Å²) in [6.45, 7) is 9.45. The van der Waals surface area contributed by atoms with Crippen molar-refractivity contribution >= 4 is 0 Å². The molecule has 170 valence electrons. The number of nitrogens with zero attached hydrogens (tertiary/aromatic N) is 2. The normalized spacial score (nSPS) is 16.8. The summed E-state index contributed by atoms with van der Waals surface area (Å²) in [6.07, 6.45) is 2.71. The highest BCUT2D eigenvalue weighted by atomic mass is 16.5. The second-order valence-corrected chi connectivity index (χ2v) is 8.81. The summed E-state index contributed by atoms with van der Waals surface area (Å²) >= 11 is 0. The second-order valence-electron chi connectivity index (χ2n) is 8.81. The van der Waals surface area contributed by atoms with Crippen LogP contribution in [0.5, 0.6) is 11.5 Å². The molecule has 0 aliphatic carbocycles. The minimum absolute atomic E-state index is 0.157. The van der Waals surface area contributed by atoms with Crippen LogP contribution in [0.1, 0.15) is 30.4 Å². The molecule has 1 unspecified atom stereocenters. The quantitative estimate of drug-likeness (QED) is 0.547. The van der Waals surface area contributed by atoms with Crippen molar-refractivity contribution < 1.29 is 14.6 Å². The van der Waals surface area contributed by atoms with Crippen LogP contribution in [-0.2, 0) is 0 Å². The SMILES string of the molecule is Cc1c(OCCCN(C)C)cccc1-c1cccc(OCCCN2CCC(O)C2)c1C. The van der Waals surface area contributed by atoms with Gasteiger partial charge in [-0.2, -0.15) is 0 Å². The molecule has 1 atom stereocenters. The highest BCUT2D eigenvalue weighted by molar-refractivity contribution is 5.74. The van der Waals surface area contributed by atoms with Gasteiger partial charge in [-0.05, 0) is 81.6 Å². The van der Waals surface area contributed by atoms with Crippen LogP contribution in [0, 0.1) is 13.8 Å². The van der Waals surface area contributed by atoms with Crippen molar-refractivity contribution in [2.75, 3.05) is 53.5 Å². The summed E-state index contributed by atoms with van der Waals surface area (Å²) in [7, 11) is 4.17. The van der Waals surface area contributed by atoms with Gasteiger partial charge in [0.1, 0.15) is 11.5 Å². The van der Waals surface area contributed by atoms with E-state index in [4.69, 9.17) is 9.47 Å². The summed E-state index contributed by atoms with van der Waals surface area (Å²) in [6, 6.07) is 12.6. The molecule has 2 aromatic carbocycles. The molecule has 2 aromatic rings. The zero-order valence-electron chi connectivity index (χ0n) is 19.6. The first-order chi connectivity index (χ1) is 15.0. The van der Waals surface area contributed by atoms with Gasteiger partial charge < -0.3 is 24.4 Å². The Kier molecular flexibility index (Phi) is 8.76. The standard InChI is InChI=1S/C26H38N2O3/c1-20-23(9-5-11-25(20)30-17-7-14-27(3)4)24-10-6-12-26(21(24)2)31-18-8-15-28-16-13-22(29)19-28/h5-6,9-12,22,29H,7-8,13-19H2,1-4H3. The van der Waals surface area contributed by atoms with Gasteiger partial charge >= 0.3 is 0 Å². The molecule has 1 aliphatic heterocycles. The summed E-state index contributed by atoms with van der Waals surface area (Å²) in [4.78, 5) is 4.49. The van der Waals surface area contributed by atoms with Crippen molar-refractivity contribution in [1.29, 1.82) is 0 Å². The Balaban J connectivity index is 1.61. The summed E-state index contributed by atoms with van der Waals surface area (Å²) in [5, 5.41) is 9.65.